The lowest BCUT2D eigenvalue weighted by molar-refractivity contribution is 1.14. The normalized spacial score (nSPS) is 11.1. The number of rotatable bonds is 2. The zero-order valence-electron chi connectivity index (χ0n) is 12.4. The summed E-state index contributed by atoms with van der Waals surface area (Å²) in [5.41, 5.74) is 10.1. The van der Waals surface area contributed by atoms with Crippen LogP contribution in [0.4, 0.5) is 5.82 Å². The molecule has 0 amide bonds. The third-order valence-corrected chi connectivity index (χ3v) is 4.19. The first-order valence-electron chi connectivity index (χ1n) is 7.28. The number of halogens is 2. The second-order valence-corrected chi connectivity index (χ2v) is 6.21. The summed E-state index contributed by atoms with van der Waals surface area (Å²) < 4.78 is 1.91. The third kappa shape index (κ3) is 2.50. The maximum absolute atomic E-state index is 6.20. The van der Waals surface area contributed by atoms with E-state index in [0.717, 1.165) is 22.5 Å². The van der Waals surface area contributed by atoms with Crippen LogP contribution in [0.5, 0.6) is 0 Å². The monoisotopic (exact) mass is 354 g/mol. The van der Waals surface area contributed by atoms with Gasteiger partial charge in [-0.15, -0.1) is 0 Å². The lowest BCUT2D eigenvalue weighted by Gasteiger charge is -2.14. The molecule has 0 aliphatic heterocycles. The van der Waals surface area contributed by atoms with E-state index in [1.165, 1.54) is 0 Å². The van der Waals surface area contributed by atoms with Gasteiger partial charge in [-0.25, -0.2) is 9.97 Å². The van der Waals surface area contributed by atoms with Crippen LogP contribution in [-0.4, -0.2) is 14.4 Å². The topological polar surface area (TPSA) is 56.2 Å². The number of anilines is 1. The van der Waals surface area contributed by atoms with E-state index < -0.39 is 0 Å². The zero-order chi connectivity index (χ0) is 16.7. The van der Waals surface area contributed by atoms with Crippen molar-refractivity contribution in [2.24, 2.45) is 0 Å². The van der Waals surface area contributed by atoms with E-state index in [9.17, 15) is 0 Å². The minimum Gasteiger partial charge on any atom is -0.381 e. The van der Waals surface area contributed by atoms with Crippen LogP contribution in [0.1, 0.15) is 0 Å². The van der Waals surface area contributed by atoms with Crippen LogP contribution in [0.15, 0.2) is 60.9 Å². The molecule has 0 unspecified atom stereocenters. The average Bonchev–Trinajstić information content (AvgIpc) is 3.04. The van der Waals surface area contributed by atoms with Crippen molar-refractivity contribution in [1.82, 2.24) is 14.4 Å². The van der Waals surface area contributed by atoms with Crippen molar-refractivity contribution < 1.29 is 0 Å². The van der Waals surface area contributed by atoms with Crippen molar-refractivity contribution in [3.63, 3.8) is 0 Å². The Morgan fingerprint density at radius 2 is 1.62 bits per heavy atom. The molecule has 118 valence electrons. The molecule has 4 aromatic rings. The van der Waals surface area contributed by atoms with E-state index >= 15 is 0 Å². The second kappa shape index (κ2) is 5.82. The van der Waals surface area contributed by atoms with Crippen LogP contribution >= 0.6 is 23.2 Å². The predicted octanol–water partition coefficient (Wildman–Crippen LogP) is 4.95. The van der Waals surface area contributed by atoms with Gasteiger partial charge < -0.3 is 5.73 Å². The molecule has 0 saturated heterocycles. The Morgan fingerprint density at radius 3 is 2.33 bits per heavy atom. The van der Waals surface area contributed by atoms with E-state index in [2.05, 4.69) is 9.97 Å². The lowest BCUT2D eigenvalue weighted by Crippen LogP contribution is -2.03. The van der Waals surface area contributed by atoms with Crippen LogP contribution in [0.2, 0.25) is 10.0 Å². The van der Waals surface area contributed by atoms with Gasteiger partial charge in [-0.2, -0.15) is 0 Å². The van der Waals surface area contributed by atoms with E-state index in [1.54, 1.807) is 12.3 Å². The van der Waals surface area contributed by atoms with E-state index in [1.807, 2.05) is 53.1 Å². The molecule has 0 radical (unpaired) electrons. The first-order chi connectivity index (χ1) is 11.6. The summed E-state index contributed by atoms with van der Waals surface area (Å²) in [4.78, 5) is 8.88. The SMILES string of the molecule is Nc1nc(-c2ccccc2)c(-c2cc(Cl)cc(Cl)c2)n2ccnc12. The van der Waals surface area contributed by atoms with Gasteiger partial charge in [0.05, 0.1) is 11.4 Å². The molecule has 2 N–H and O–H groups in total. The van der Waals surface area contributed by atoms with E-state index in [0.29, 0.717) is 21.5 Å². The number of fused-ring (bicyclic) bond motifs is 1. The highest BCUT2D eigenvalue weighted by Gasteiger charge is 2.17. The highest BCUT2D eigenvalue weighted by atomic mass is 35.5. The van der Waals surface area contributed by atoms with Gasteiger partial charge >= 0.3 is 0 Å². The van der Waals surface area contributed by atoms with Crippen LogP contribution in [0.3, 0.4) is 0 Å². The van der Waals surface area contributed by atoms with Crippen molar-refractivity contribution in [2.75, 3.05) is 5.73 Å². The smallest absolute Gasteiger partial charge is 0.180 e. The van der Waals surface area contributed by atoms with Crippen molar-refractivity contribution in [3.05, 3.63) is 71.0 Å². The Balaban J connectivity index is 2.12. The van der Waals surface area contributed by atoms with Crippen LogP contribution in [0, 0.1) is 0 Å². The molecular weight excluding hydrogens is 343 g/mol. The molecule has 0 spiro atoms. The Kier molecular flexibility index (Phi) is 3.63. The van der Waals surface area contributed by atoms with Gasteiger partial charge in [0.15, 0.2) is 11.5 Å². The summed E-state index contributed by atoms with van der Waals surface area (Å²) in [6.45, 7) is 0. The first kappa shape index (κ1) is 15.0. The van der Waals surface area contributed by atoms with Gasteiger partial charge in [0, 0.05) is 33.6 Å². The molecule has 2 aromatic carbocycles. The van der Waals surface area contributed by atoms with E-state index in [4.69, 9.17) is 28.9 Å². The molecule has 2 aromatic heterocycles. The maximum atomic E-state index is 6.20. The third-order valence-electron chi connectivity index (χ3n) is 3.75. The molecule has 0 saturated carbocycles. The highest BCUT2D eigenvalue weighted by molar-refractivity contribution is 6.35. The Hall–Kier alpha value is -2.56. The number of hydrogen-bond donors (Lipinski definition) is 1. The van der Waals surface area contributed by atoms with Crippen molar-refractivity contribution in [1.29, 1.82) is 0 Å². The Bertz CT molecular complexity index is 1020. The van der Waals surface area contributed by atoms with Crippen molar-refractivity contribution >= 4 is 34.7 Å². The number of nitrogens with two attached hydrogens (primary N) is 1. The van der Waals surface area contributed by atoms with Gasteiger partial charge in [-0.1, -0.05) is 53.5 Å². The summed E-state index contributed by atoms with van der Waals surface area (Å²) in [6, 6.07) is 15.3. The number of benzene rings is 2. The number of hydrogen-bond acceptors (Lipinski definition) is 3. The summed E-state index contributed by atoms with van der Waals surface area (Å²) in [6.07, 6.45) is 3.54. The molecule has 24 heavy (non-hydrogen) atoms. The molecule has 0 bridgehead atoms. The fourth-order valence-corrected chi connectivity index (χ4v) is 3.30. The molecular formula is C18H12Cl2N4. The van der Waals surface area contributed by atoms with Gasteiger partial charge in [0.1, 0.15) is 0 Å². The van der Waals surface area contributed by atoms with Gasteiger partial charge in [0.2, 0.25) is 0 Å². The fraction of sp³-hybridized carbons (Fsp3) is 0. The molecule has 2 heterocycles. The van der Waals surface area contributed by atoms with Crippen LogP contribution < -0.4 is 5.73 Å². The molecule has 6 heteroatoms. The quantitative estimate of drug-likeness (QED) is 0.553. The van der Waals surface area contributed by atoms with Crippen molar-refractivity contribution in [2.45, 2.75) is 0 Å². The summed E-state index contributed by atoms with van der Waals surface area (Å²) in [5, 5.41) is 1.11. The fourth-order valence-electron chi connectivity index (χ4n) is 2.77. The van der Waals surface area contributed by atoms with Crippen LogP contribution in [-0.2, 0) is 0 Å². The summed E-state index contributed by atoms with van der Waals surface area (Å²) >= 11 is 12.4. The molecule has 0 atom stereocenters. The standard InChI is InChI=1S/C18H12Cl2N4/c19-13-8-12(9-14(20)10-13)16-15(11-4-2-1-3-5-11)23-17(21)18-22-6-7-24(16)18/h1-10H,(H2,21,23). The summed E-state index contributed by atoms with van der Waals surface area (Å²) in [5.74, 6) is 0.371. The minimum atomic E-state index is 0.371. The van der Waals surface area contributed by atoms with Gasteiger partial charge in [0.25, 0.3) is 0 Å². The zero-order valence-corrected chi connectivity index (χ0v) is 14.0. The molecule has 4 rings (SSSR count). The molecule has 0 fully saturated rings. The predicted molar refractivity (Wildman–Crippen MR) is 98.3 cm³/mol. The highest BCUT2D eigenvalue weighted by Crippen LogP contribution is 2.35. The molecule has 0 aliphatic carbocycles. The minimum absolute atomic E-state index is 0.371. The van der Waals surface area contributed by atoms with E-state index in [-0.39, 0.29) is 0 Å². The number of nitrogen functional groups attached to an aromatic ring is 1. The van der Waals surface area contributed by atoms with Crippen LogP contribution in [0.25, 0.3) is 28.2 Å². The molecule has 4 nitrogen and oxygen atoms in total. The van der Waals surface area contributed by atoms with Gasteiger partial charge in [-0.05, 0) is 18.2 Å². The largest absolute Gasteiger partial charge is 0.381 e. The Labute approximate surface area is 148 Å². The first-order valence-corrected chi connectivity index (χ1v) is 8.03. The number of aromatic nitrogens is 3. The Morgan fingerprint density at radius 1 is 0.917 bits per heavy atom. The number of imidazole rings is 1. The molecule has 0 aliphatic rings. The average molecular weight is 355 g/mol. The lowest BCUT2D eigenvalue weighted by atomic mass is 10.0. The second-order valence-electron chi connectivity index (χ2n) is 5.34. The summed E-state index contributed by atoms with van der Waals surface area (Å²) in [7, 11) is 0. The number of nitrogens with zero attached hydrogens (tertiary/aromatic N) is 3. The van der Waals surface area contributed by atoms with Crippen molar-refractivity contribution in [3.8, 4) is 22.5 Å². The maximum Gasteiger partial charge on any atom is 0.180 e. The van der Waals surface area contributed by atoms with Gasteiger partial charge in [-0.3, -0.25) is 4.40 Å².